The fourth-order valence-electron chi connectivity index (χ4n) is 12.4. The standard InChI is InChI=1S/C52H82O25/c1-68-33-16-24(4-13-30(33)57)6-15-39(59)69-21-36-41(61)44(64)47(67)51(75-36)77-49-45(65)42(62)37(22-70-38(58)14-5-23-2-9-26(54)10-3-23)76-52(49)73-34-19-29-31(71-48(34)25-7-11-27(55)12-8-25)17-28(56)18-32(29)72-50-46(66)43(63)40(60)35(20-53)74-50/h5-6,14-15,23-37,40-57,60-67H,2-4,7-13,16-22H2,1H3/t23?,24?,25?,26?,27?,28?,29?,30?,31?,32?,33?,34?,35-,36-,37-,40-,41-,42-,43+,44+,45+,46-,47-,48?,49-,50-,51+,52-/m1/s1. The van der Waals surface area contributed by atoms with Crippen molar-refractivity contribution in [3.8, 4) is 0 Å². The zero-order valence-corrected chi connectivity index (χ0v) is 43.2. The molecular weight excluding hydrogens is 1020 g/mol. The van der Waals surface area contributed by atoms with Crippen LogP contribution >= 0.6 is 0 Å². The summed E-state index contributed by atoms with van der Waals surface area (Å²) >= 11 is 0. The number of esters is 2. The second-order valence-electron chi connectivity index (χ2n) is 22.4. The largest absolute Gasteiger partial charge is 0.460 e. The second kappa shape index (κ2) is 27.6. The summed E-state index contributed by atoms with van der Waals surface area (Å²) in [7, 11) is 1.49. The van der Waals surface area contributed by atoms with Gasteiger partial charge in [0.15, 0.2) is 18.9 Å². The zero-order chi connectivity index (χ0) is 55.2. The minimum Gasteiger partial charge on any atom is -0.460 e. The SMILES string of the molecule is COC1CC(C=CC(=O)OC[C@H]2O[C@@H](O[C@H]3[C@H](OC4CC5C(CC(O)CC5O[C@@H]5O[C@H](CO)[C@@H](O)[C@H](O)[C@H]5O)OC4C4CCC(O)CC4)O[C@H](COC(=O)C=CC4CCC(O)CC4)[C@@H](O)[C@@H]3O)[C@H](O)[C@@H](O)[C@@H]2O)CCC1O. The Morgan fingerprint density at radius 2 is 1.00 bits per heavy atom. The fraction of sp³-hybridized carbons (Fsp3) is 0.885. The monoisotopic (exact) mass is 1110 g/mol. The highest BCUT2D eigenvalue weighted by Crippen LogP contribution is 2.45. The molecular formula is C52H82O25. The first-order chi connectivity index (χ1) is 36.8. The minimum atomic E-state index is -2.01. The molecule has 24 atom stereocenters. The fourth-order valence-corrected chi connectivity index (χ4v) is 12.4. The summed E-state index contributed by atoms with van der Waals surface area (Å²) in [6.45, 7) is -1.96. The molecule has 8 aliphatic rings. The molecule has 0 bridgehead atoms. The van der Waals surface area contributed by atoms with Gasteiger partial charge in [0.1, 0.15) is 86.5 Å². The number of aliphatic hydroxyl groups excluding tert-OH is 13. The third-order valence-electron chi connectivity index (χ3n) is 17.1. The molecule has 13 N–H and O–H groups in total. The topological polar surface area (TPSA) is 389 Å². The van der Waals surface area contributed by atoms with Gasteiger partial charge in [-0.15, -0.1) is 0 Å². The van der Waals surface area contributed by atoms with Crippen molar-refractivity contribution in [3.05, 3.63) is 24.3 Å². The third kappa shape index (κ3) is 15.0. The van der Waals surface area contributed by atoms with E-state index in [9.17, 15) is 76.0 Å². The van der Waals surface area contributed by atoms with Gasteiger partial charge in [0.25, 0.3) is 0 Å². The number of hydrogen-bond donors (Lipinski definition) is 13. The van der Waals surface area contributed by atoms with Gasteiger partial charge in [-0.3, -0.25) is 0 Å². The smallest absolute Gasteiger partial charge is 0.330 e. The van der Waals surface area contributed by atoms with Crippen molar-refractivity contribution in [3.63, 3.8) is 0 Å². The molecule has 4 aliphatic carbocycles. The van der Waals surface area contributed by atoms with Crippen molar-refractivity contribution in [2.24, 2.45) is 23.7 Å². The van der Waals surface area contributed by atoms with E-state index >= 15 is 0 Å². The molecule has 4 saturated heterocycles. The Morgan fingerprint density at radius 1 is 0.481 bits per heavy atom. The molecule has 8 rings (SSSR count). The second-order valence-corrected chi connectivity index (χ2v) is 22.4. The summed E-state index contributed by atoms with van der Waals surface area (Å²) in [6, 6.07) is 0. The van der Waals surface area contributed by atoms with Crippen LogP contribution in [-0.2, 0) is 57.0 Å². The lowest BCUT2D eigenvalue weighted by Crippen LogP contribution is -2.66. The lowest BCUT2D eigenvalue weighted by molar-refractivity contribution is -0.380. The first-order valence-corrected chi connectivity index (χ1v) is 27.4. The van der Waals surface area contributed by atoms with Gasteiger partial charge >= 0.3 is 11.9 Å². The first kappa shape index (κ1) is 60.7. The van der Waals surface area contributed by atoms with E-state index in [4.69, 9.17) is 47.4 Å². The number of ether oxygens (including phenoxy) is 10. The summed E-state index contributed by atoms with van der Waals surface area (Å²) in [5, 5.41) is 141. The molecule has 4 aliphatic heterocycles. The summed E-state index contributed by atoms with van der Waals surface area (Å²) < 4.78 is 60.3. The van der Waals surface area contributed by atoms with Crippen LogP contribution in [0.4, 0.5) is 0 Å². The van der Waals surface area contributed by atoms with Crippen molar-refractivity contribution < 1.29 is 123 Å². The van der Waals surface area contributed by atoms with Crippen LogP contribution in [0.2, 0.25) is 0 Å². The Balaban J connectivity index is 1.03. The summed E-state index contributed by atoms with van der Waals surface area (Å²) in [5.74, 6) is -2.57. The normalized spacial score (nSPS) is 48.1. The van der Waals surface area contributed by atoms with Crippen LogP contribution in [0.5, 0.6) is 0 Å². The molecule has 4 saturated carbocycles. The lowest BCUT2D eigenvalue weighted by atomic mass is 9.73. The van der Waals surface area contributed by atoms with Gasteiger partial charge in [-0.25, -0.2) is 9.59 Å². The van der Waals surface area contributed by atoms with E-state index in [-0.39, 0.29) is 37.0 Å². The summed E-state index contributed by atoms with van der Waals surface area (Å²) in [5.41, 5.74) is 0. The van der Waals surface area contributed by atoms with E-state index < -0.39 is 185 Å². The van der Waals surface area contributed by atoms with Crippen LogP contribution in [0.25, 0.3) is 0 Å². The van der Waals surface area contributed by atoms with Gasteiger partial charge in [0, 0.05) is 31.6 Å². The molecule has 8 fully saturated rings. The van der Waals surface area contributed by atoms with Crippen molar-refractivity contribution in [2.75, 3.05) is 26.9 Å². The Bertz CT molecular complexity index is 1910. The van der Waals surface area contributed by atoms with Gasteiger partial charge in [0.05, 0.1) is 61.5 Å². The maximum atomic E-state index is 13.1. The van der Waals surface area contributed by atoms with Crippen LogP contribution < -0.4 is 0 Å². The Labute approximate surface area is 446 Å². The molecule has 9 unspecified atom stereocenters. The number of carbonyl (C=O) groups is 2. The highest BCUT2D eigenvalue weighted by molar-refractivity contribution is 5.82. The number of rotatable bonds is 17. The number of hydrogen-bond acceptors (Lipinski definition) is 25. The van der Waals surface area contributed by atoms with E-state index in [0.29, 0.717) is 70.6 Å². The Hall–Kier alpha value is -2.42. The maximum Gasteiger partial charge on any atom is 0.330 e. The molecule has 25 heteroatoms. The molecule has 440 valence electrons. The minimum absolute atomic E-state index is 0.00804. The van der Waals surface area contributed by atoms with Crippen LogP contribution in [0.1, 0.15) is 89.9 Å². The summed E-state index contributed by atoms with van der Waals surface area (Å²) in [6.07, 6.45) is -20.7. The maximum absolute atomic E-state index is 13.1. The van der Waals surface area contributed by atoms with Crippen molar-refractivity contribution in [1.29, 1.82) is 0 Å². The molecule has 0 aromatic rings. The Kier molecular flexibility index (Phi) is 21.7. The van der Waals surface area contributed by atoms with Gasteiger partial charge in [-0.1, -0.05) is 12.2 Å². The molecule has 0 radical (unpaired) electrons. The van der Waals surface area contributed by atoms with E-state index in [1.54, 1.807) is 12.2 Å². The van der Waals surface area contributed by atoms with E-state index in [0.717, 1.165) is 0 Å². The third-order valence-corrected chi connectivity index (χ3v) is 17.1. The van der Waals surface area contributed by atoms with Crippen LogP contribution in [0.3, 0.4) is 0 Å². The van der Waals surface area contributed by atoms with Crippen LogP contribution in [0, 0.1) is 23.7 Å². The number of fused-ring (bicyclic) bond motifs is 1. The van der Waals surface area contributed by atoms with E-state index in [1.807, 2.05) is 0 Å². The molecule has 0 spiro atoms. The molecule has 77 heavy (non-hydrogen) atoms. The lowest BCUT2D eigenvalue weighted by Gasteiger charge is -2.52. The van der Waals surface area contributed by atoms with Crippen molar-refractivity contribution >= 4 is 11.9 Å². The molecule has 4 heterocycles. The predicted octanol–water partition coefficient (Wildman–Crippen LogP) is -3.40. The predicted molar refractivity (Wildman–Crippen MR) is 258 cm³/mol. The van der Waals surface area contributed by atoms with Crippen molar-refractivity contribution in [2.45, 2.75) is 237 Å². The van der Waals surface area contributed by atoms with Crippen molar-refractivity contribution in [1.82, 2.24) is 0 Å². The average Bonchev–Trinajstić information content (AvgIpc) is 3.45. The number of allylic oxidation sites excluding steroid dienone is 2. The number of carbonyl (C=O) groups excluding carboxylic acids is 2. The summed E-state index contributed by atoms with van der Waals surface area (Å²) in [4.78, 5) is 26.0. The highest BCUT2D eigenvalue weighted by atomic mass is 16.8. The first-order valence-electron chi connectivity index (χ1n) is 27.4. The quantitative estimate of drug-likeness (QED) is 0.0499. The van der Waals surface area contributed by atoms with Gasteiger partial charge in [0.2, 0.25) is 0 Å². The van der Waals surface area contributed by atoms with E-state index in [1.165, 1.54) is 19.3 Å². The molecule has 0 aromatic heterocycles. The number of aliphatic hydroxyl groups is 13. The van der Waals surface area contributed by atoms with Gasteiger partial charge in [-0.05, 0) is 101 Å². The molecule has 0 amide bonds. The van der Waals surface area contributed by atoms with Gasteiger partial charge in [-0.2, -0.15) is 0 Å². The highest BCUT2D eigenvalue weighted by Gasteiger charge is 2.56. The van der Waals surface area contributed by atoms with E-state index in [2.05, 4.69) is 0 Å². The average molecular weight is 1110 g/mol. The van der Waals surface area contributed by atoms with Crippen LogP contribution in [-0.4, -0.2) is 252 Å². The Morgan fingerprint density at radius 3 is 1.61 bits per heavy atom. The molecule has 0 aromatic carbocycles. The van der Waals surface area contributed by atoms with Crippen LogP contribution in [0.15, 0.2) is 24.3 Å². The zero-order valence-electron chi connectivity index (χ0n) is 43.2. The molecule has 25 nitrogen and oxygen atoms in total. The number of methoxy groups -OCH3 is 1. The van der Waals surface area contributed by atoms with Gasteiger partial charge < -0.3 is 114 Å².